The fourth-order valence-corrected chi connectivity index (χ4v) is 2.15. The number of esters is 2. The molecular weight excluding hydrogens is 248 g/mol. The first kappa shape index (κ1) is 13.1. The first-order valence-electron chi connectivity index (χ1n) is 5.80. The molecule has 0 saturated heterocycles. The molecule has 0 aromatic heterocycles. The number of hydrogen-bond acceptors (Lipinski definition) is 5. The lowest BCUT2D eigenvalue weighted by molar-refractivity contribution is -0.133. The maximum absolute atomic E-state index is 11.7. The summed E-state index contributed by atoms with van der Waals surface area (Å²) in [5.41, 5.74) is 2.01. The van der Waals surface area contributed by atoms with Crippen LogP contribution in [0.4, 0.5) is 0 Å². The second-order valence-corrected chi connectivity index (χ2v) is 4.18. The van der Waals surface area contributed by atoms with Crippen LogP contribution in [-0.4, -0.2) is 31.3 Å². The fourth-order valence-electron chi connectivity index (χ4n) is 2.15. The van der Waals surface area contributed by atoms with E-state index in [2.05, 4.69) is 9.47 Å². The number of hydrogen-bond donors (Lipinski definition) is 1. The van der Waals surface area contributed by atoms with Crippen LogP contribution >= 0.6 is 0 Å². The van der Waals surface area contributed by atoms with Crippen molar-refractivity contribution in [3.05, 3.63) is 40.6 Å². The highest BCUT2D eigenvalue weighted by Gasteiger charge is 2.25. The van der Waals surface area contributed by atoms with Crippen molar-refractivity contribution < 1.29 is 24.2 Å². The number of benzene rings is 1. The number of aryl methyl sites for hydroxylation is 1. The smallest absolute Gasteiger partial charge is 0.341 e. The van der Waals surface area contributed by atoms with Crippen LogP contribution < -0.4 is 0 Å². The molecule has 0 atom stereocenters. The van der Waals surface area contributed by atoms with E-state index in [0.717, 1.165) is 5.56 Å². The maximum Gasteiger partial charge on any atom is 0.341 e. The molecule has 100 valence electrons. The van der Waals surface area contributed by atoms with E-state index in [4.69, 9.17) is 0 Å². The van der Waals surface area contributed by atoms with Crippen LogP contribution in [0.5, 0.6) is 0 Å². The van der Waals surface area contributed by atoms with E-state index in [1.54, 1.807) is 18.2 Å². The zero-order valence-electron chi connectivity index (χ0n) is 10.7. The number of ether oxygens (including phenoxy) is 2. The number of carbonyl (C=O) groups excluding carboxylic acids is 2. The van der Waals surface area contributed by atoms with Crippen LogP contribution in [0, 0.1) is 0 Å². The van der Waals surface area contributed by atoms with Gasteiger partial charge in [-0.2, -0.15) is 0 Å². The number of rotatable bonds is 2. The standard InChI is InChI=1S/C14H14O5/c1-18-13(16)9-3-5-10-8(7-9)4-6-11(15)12(10)14(17)19-2/h3,5,7,15H,4,6H2,1-2H3. The fraction of sp³-hybridized carbons (Fsp3) is 0.286. The van der Waals surface area contributed by atoms with Crippen molar-refractivity contribution in [2.24, 2.45) is 0 Å². The molecule has 1 N–H and O–H groups in total. The van der Waals surface area contributed by atoms with Crippen LogP contribution in [-0.2, 0) is 20.7 Å². The van der Waals surface area contributed by atoms with E-state index < -0.39 is 11.9 Å². The van der Waals surface area contributed by atoms with E-state index in [9.17, 15) is 14.7 Å². The van der Waals surface area contributed by atoms with Crippen molar-refractivity contribution >= 4 is 17.5 Å². The van der Waals surface area contributed by atoms with Crippen molar-refractivity contribution in [2.75, 3.05) is 14.2 Å². The van der Waals surface area contributed by atoms with Crippen molar-refractivity contribution in [3.63, 3.8) is 0 Å². The zero-order chi connectivity index (χ0) is 14.0. The Morgan fingerprint density at radius 3 is 2.42 bits per heavy atom. The minimum Gasteiger partial charge on any atom is -0.511 e. The molecular formula is C14H14O5. The molecule has 0 unspecified atom stereocenters. The molecule has 1 aromatic carbocycles. The Bertz CT molecular complexity index is 571. The van der Waals surface area contributed by atoms with Crippen LogP contribution in [0.15, 0.2) is 24.0 Å². The number of carbonyl (C=O) groups is 2. The Morgan fingerprint density at radius 1 is 1.11 bits per heavy atom. The van der Waals surface area contributed by atoms with E-state index in [1.165, 1.54) is 14.2 Å². The van der Waals surface area contributed by atoms with E-state index in [0.29, 0.717) is 24.0 Å². The molecule has 1 aromatic rings. The molecule has 0 amide bonds. The number of methoxy groups -OCH3 is 2. The van der Waals surface area contributed by atoms with Gasteiger partial charge in [-0.15, -0.1) is 0 Å². The van der Waals surface area contributed by atoms with Gasteiger partial charge in [-0.05, 0) is 29.7 Å². The van der Waals surface area contributed by atoms with Gasteiger partial charge in [0, 0.05) is 6.42 Å². The van der Waals surface area contributed by atoms with Crippen LogP contribution in [0.2, 0.25) is 0 Å². The van der Waals surface area contributed by atoms with E-state index in [1.807, 2.05) is 0 Å². The Hall–Kier alpha value is -2.30. The summed E-state index contributed by atoms with van der Waals surface area (Å²) in [6, 6.07) is 4.87. The van der Waals surface area contributed by atoms with E-state index >= 15 is 0 Å². The SMILES string of the molecule is COC(=O)C1=C(O)CCc2cc(C(=O)OC)ccc21. The highest BCUT2D eigenvalue weighted by Crippen LogP contribution is 2.31. The van der Waals surface area contributed by atoms with Crippen molar-refractivity contribution in [2.45, 2.75) is 12.8 Å². The van der Waals surface area contributed by atoms with Crippen LogP contribution in [0.3, 0.4) is 0 Å². The van der Waals surface area contributed by atoms with Gasteiger partial charge in [0.25, 0.3) is 0 Å². The summed E-state index contributed by atoms with van der Waals surface area (Å²) in [5, 5.41) is 9.83. The van der Waals surface area contributed by atoms with Gasteiger partial charge in [0.05, 0.1) is 19.8 Å². The van der Waals surface area contributed by atoms with E-state index in [-0.39, 0.29) is 11.3 Å². The Kier molecular flexibility index (Phi) is 3.55. The minimum absolute atomic E-state index is 0.0187. The molecule has 1 aliphatic carbocycles. The van der Waals surface area contributed by atoms with Gasteiger partial charge >= 0.3 is 11.9 Å². The molecule has 2 rings (SSSR count). The number of aliphatic hydroxyl groups excluding tert-OH is 1. The first-order valence-corrected chi connectivity index (χ1v) is 5.80. The van der Waals surface area contributed by atoms with Crippen molar-refractivity contribution in [1.29, 1.82) is 0 Å². The number of aliphatic hydroxyl groups is 1. The quantitative estimate of drug-likeness (QED) is 0.823. The molecule has 5 nitrogen and oxygen atoms in total. The lowest BCUT2D eigenvalue weighted by Gasteiger charge is -2.19. The molecule has 19 heavy (non-hydrogen) atoms. The normalized spacial score (nSPS) is 13.8. The van der Waals surface area contributed by atoms with Crippen molar-refractivity contribution in [1.82, 2.24) is 0 Å². The average molecular weight is 262 g/mol. The van der Waals surface area contributed by atoms with Gasteiger partial charge in [-0.3, -0.25) is 0 Å². The predicted molar refractivity (Wildman–Crippen MR) is 67.7 cm³/mol. The number of allylic oxidation sites excluding steroid dienone is 1. The Labute approximate surface area is 110 Å². The van der Waals surface area contributed by atoms with Gasteiger partial charge in [0.2, 0.25) is 0 Å². The summed E-state index contributed by atoms with van der Waals surface area (Å²) < 4.78 is 9.32. The summed E-state index contributed by atoms with van der Waals surface area (Å²) in [4.78, 5) is 23.1. The summed E-state index contributed by atoms with van der Waals surface area (Å²) in [6.07, 6.45) is 0.911. The molecule has 0 bridgehead atoms. The third-order valence-corrected chi connectivity index (χ3v) is 3.10. The number of fused-ring (bicyclic) bond motifs is 1. The molecule has 1 aliphatic rings. The first-order chi connectivity index (χ1) is 9.08. The maximum atomic E-state index is 11.7. The van der Waals surface area contributed by atoms with Crippen LogP contribution in [0.1, 0.15) is 27.9 Å². The summed E-state index contributed by atoms with van der Waals surface area (Å²) in [7, 11) is 2.58. The second kappa shape index (κ2) is 5.14. The topological polar surface area (TPSA) is 72.8 Å². The predicted octanol–water partition coefficient (Wildman–Crippen LogP) is 1.86. The van der Waals surface area contributed by atoms with Gasteiger partial charge in [0.15, 0.2) is 0 Å². The highest BCUT2D eigenvalue weighted by atomic mass is 16.5. The molecule has 5 heteroatoms. The molecule has 0 aliphatic heterocycles. The van der Waals surface area contributed by atoms with Crippen molar-refractivity contribution in [3.8, 4) is 0 Å². The molecule has 0 heterocycles. The van der Waals surface area contributed by atoms with Gasteiger partial charge < -0.3 is 14.6 Å². The summed E-state index contributed by atoms with van der Waals surface area (Å²) >= 11 is 0. The molecule has 0 saturated carbocycles. The monoisotopic (exact) mass is 262 g/mol. The Morgan fingerprint density at radius 2 is 1.79 bits per heavy atom. The van der Waals surface area contributed by atoms with Crippen LogP contribution in [0.25, 0.3) is 5.57 Å². The lowest BCUT2D eigenvalue weighted by Crippen LogP contribution is -2.14. The molecule has 0 spiro atoms. The van der Waals surface area contributed by atoms with Gasteiger partial charge in [-0.1, -0.05) is 6.07 Å². The molecule has 0 fully saturated rings. The highest BCUT2D eigenvalue weighted by molar-refractivity contribution is 6.18. The van der Waals surface area contributed by atoms with Gasteiger partial charge in [0.1, 0.15) is 11.3 Å². The third kappa shape index (κ3) is 2.31. The zero-order valence-corrected chi connectivity index (χ0v) is 10.7. The largest absolute Gasteiger partial charge is 0.511 e. The van der Waals surface area contributed by atoms with Gasteiger partial charge in [-0.25, -0.2) is 9.59 Å². The minimum atomic E-state index is -0.579. The lowest BCUT2D eigenvalue weighted by atomic mass is 9.88. The average Bonchev–Trinajstić information content (AvgIpc) is 2.45. The summed E-state index contributed by atoms with van der Waals surface area (Å²) in [6.45, 7) is 0. The third-order valence-electron chi connectivity index (χ3n) is 3.10. The second-order valence-electron chi connectivity index (χ2n) is 4.18. The molecule has 0 radical (unpaired) electrons. The Balaban J connectivity index is 2.50. The summed E-state index contributed by atoms with van der Waals surface area (Å²) in [5.74, 6) is -0.990.